The molecule has 6 heteroatoms. The van der Waals surface area contributed by atoms with Gasteiger partial charge in [-0.15, -0.1) is 0 Å². The highest BCUT2D eigenvalue weighted by atomic mass is 35.5. The first-order chi connectivity index (χ1) is 12.1. The number of hydrogen-bond acceptors (Lipinski definition) is 3. The molecule has 0 spiro atoms. The molecule has 0 aliphatic carbocycles. The van der Waals surface area contributed by atoms with E-state index in [-0.39, 0.29) is 6.10 Å². The van der Waals surface area contributed by atoms with Crippen molar-refractivity contribution in [2.75, 3.05) is 13.2 Å². The molecule has 0 aromatic heterocycles. The molecule has 0 saturated carbocycles. The van der Waals surface area contributed by atoms with E-state index < -0.39 is 0 Å². The predicted molar refractivity (Wildman–Crippen MR) is 106 cm³/mol. The second-order valence-corrected chi connectivity index (χ2v) is 7.13. The van der Waals surface area contributed by atoms with Crippen molar-refractivity contribution >= 4 is 40.4 Å². The zero-order chi connectivity index (χ0) is 17.6. The Morgan fingerprint density at radius 3 is 2.64 bits per heavy atom. The standard InChI is InChI=1S/C19H19Cl2NO2S/c20-17-8-3-13(10-18(17)21)12-24-15-6-4-14(5-7-15)19(25)22-11-16-2-1-9-23-16/h3-8,10,16H,1-2,9,11-12H2,(H,22,25)/t16-/m1/s1. The van der Waals surface area contributed by atoms with Gasteiger partial charge in [-0.25, -0.2) is 0 Å². The van der Waals surface area contributed by atoms with E-state index in [1.165, 1.54) is 0 Å². The van der Waals surface area contributed by atoms with Gasteiger partial charge >= 0.3 is 0 Å². The molecule has 1 aliphatic heterocycles. The van der Waals surface area contributed by atoms with Crippen LogP contribution in [0.5, 0.6) is 5.75 Å². The molecule has 1 aliphatic rings. The van der Waals surface area contributed by atoms with Gasteiger partial charge in [-0.3, -0.25) is 0 Å². The zero-order valence-corrected chi connectivity index (χ0v) is 16.0. The molecule has 132 valence electrons. The van der Waals surface area contributed by atoms with Crippen molar-refractivity contribution in [2.24, 2.45) is 0 Å². The Morgan fingerprint density at radius 1 is 1.16 bits per heavy atom. The van der Waals surface area contributed by atoms with Gasteiger partial charge in [-0.05, 0) is 54.8 Å². The number of nitrogens with one attached hydrogen (secondary N) is 1. The first-order valence-electron chi connectivity index (χ1n) is 8.18. The van der Waals surface area contributed by atoms with Crippen LogP contribution in [0.1, 0.15) is 24.0 Å². The molecule has 1 atom stereocenters. The van der Waals surface area contributed by atoms with Gasteiger partial charge in [0.25, 0.3) is 0 Å². The normalized spacial score (nSPS) is 16.6. The molecule has 0 unspecified atom stereocenters. The summed E-state index contributed by atoms with van der Waals surface area (Å²) < 4.78 is 11.4. The Labute approximate surface area is 163 Å². The van der Waals surface area contributed by atoms with Crippen LogP contribution in [-0.2, 0) is 11.3 Å². The summed E-state index contributed by atoms with van der Waals surface area (Å²) >= 11 is 17.4. The Bertz CT molecular complexity index is 731. The van der Waals surface area contributed by atoms with Crippen molar-refractivity contribution in [3.05, 3.63) is 63.6 Å². The smallest absolute Gasteiger partial charge is 0.119 e. The number of thiocarbonyl (C=S) groups is 1. The minimum absolute atomic E-state index is 0.270. The molecule has 3 nitrogen and oxygen atoms in total. The summed E-state index contributed by atoms with van der Waals surface area (Å²) in [7, 11) is 0. The summed E-state index contributed by atoms with van der Waals surface area (Å²) in [5.74, 6) is 0.775. The predicted octanol–water partition coefficient (Wildman–Crippen LogP) is 5.02. The summed E-state index contributed by atoms with van der Waals surface area (Å²) in [6.07, 6.45) is 2.49. The van der Waals surface area contributed by atoms with Crippen LogP contribution in [0.15, 0.2) is 42.5 Å². The lowest BCUT2D eigenvalue weighted by Gasteiger charge is -2.13. The average molecular weight is 396 g/mol. The van der Waals surface area contributed by atoms with Gasteiger partial charge in [-0.1, -0.05) is 41.5 Å². The lowest BCUT2D eigenvalue weighted by Crippen LogP contribution is -2.31. The Hall–Kier alpha value is -1.33. The fourth-order valence-electron chi connectivity index (χ4n) is 2.61. The van der Waals surface area contributed by atoms with E-state index >= 15 is 0 Å². The second kappa shape index (κ2) is 8.86. The van der Waals surface area contributed by atoms with Crippen LogP contribution < -0.4 is 10.1 Å². The van der Waals surface area contributed by atoms with Crippen molar-refractivity contribution in [1.82, 2.24) is 5.32 Å². The monoisotopic (exact) mass is 395 g/mol. The molecule has 2 aromatic carbocycles. The maximum Gasteiger partial charge on any atom is 0.119 e. The van der Waals surface area contributed by atoms with Gasteiger partial charge in [0, 0.05) is 18.7 Å². The lowest BCUT2D eigenvalue weighted by atomic mass is 10.2. The zero-order valence-electron chi connectivity index (χ0n) is 13.6. The average Bonchev–Trinajstić information content (AvgIpc) is 3.15. The van der Waals surface area contributed by atoms with E-state index in [0.29, 0.717) is 16.7 Å². The lowest BCUT2D eigenvalue weighted by molar-refractivity contribution is 0.114. The number of halogens is 2. The van der Waals surface area contributed by atoms with E-state index in [9.17, 15) is 0 Å². The number of hydrogen-bond donors (Lipinski definition) is 1. The molecular formula is C19H19Cl2NO2S. The summed E-state index contributed by atoms with van der Waals surface area (Å²) in [4.78, 5) is 0.728. The Balaban J connectivity index is 1.50. The molecule has 1 saturated heterocycles. The van der Waals surface area contributed by atoms with E-state index in [2.05, 4.69) is 5.32 Å². The third kappa shape index (κ3) is 5.32. The van der Waals surface area contributed by atoms with Crippen molar-refractivity contribution in [3.63, 3.8) is 0 Å². The minimum atomic E-state index is 0.270. The van der Waals surface area contributed by atoms with Gasteiger partial charge in [0.05, 0.1) is 16.1 Å². The van der Waals surface area contributed by atoms with Gasteiger partial charge in [0.15, 0.2) is 0 Å². The van der Waals surface area contributed by atoms with Gasteiger partial charge < -0.3 is 14.8 Å². The van der Waals surface area contributed by atoms with Gasteiger partial charge in [-0.2, -0.15) is 0 Å². The fraction of sp³-hybridized carbons (Fsp3) is 0.316. The van der Waals surface area contributed by atoms with Crippen LogP contribution in [0, 0.1) is 0 Å². The number of ether oxygens (including phenoxy) is 2. The van der Waals surface area contributed by atoms with Crippen molar-refractivity contribution in [3.8, 4) is 5.75 Å². The highest BCUT2D eigenvalue weighted by Gasteiger charge is 2.15. The van der Waals surface area contributed by atoms with E-state index in [1.54, 1.807) is 6.07 Å². The van der Waals surface area contributed by atoms with E-state index in [0.717, 1.165) is 47.9 Å². The minimum Gasteiger partial charge on any atom is -0.489 e. The Morgan fingerprint density at radius 2 is 1.96 bits per heavy atom. The summed E-state index contributed by atoms with van der Waals surface area (Å²) in [6.45, 7) is 2.04. The molecule has 1 fully saturated rings. The molecule has 0 amide bonds. The molecule has 1 heterocycles. The molecule has 2 aromatic rings. The highest BCUT2D eigenvalue weighted by Crippen LogP contribution is 2.23. The van der Waals surface area contributed by atoms with Crippen molar-refractivity contribution in [2.45, 2.75) is 25.6 Å². The topological polar surface area (TPSA) is 30.5 Å². The van der Waals surface area contributed by atoms with Crippen molar-refractivity contribution in [1.29, 1.82) is 0 Å². The largest absolute Gasteiger partial charge is 0.489 e. The van der Waals surface area contributed by atoms with E-state index in [4.69, 9.17) is 44.9 Å². The van der Waals surface area contributed by atoms with Crippen LogP contribution in [0.3, 0.4) is 0 Å². The first kappa shape index (κ1) is 18.5. The molecule has 0 radical (unpaired) electrons. The Kier molecular flexibility index (Phi) is 6.54. The van der Waals surface area contributed by atoms with E-state index in [1.807, 2.05) is 36.4 Å². The molecule has 3 rings (SSSR count). The quantitative estimate of drug-likeness (QED) is 0.695. The first-order valence-corrected chi connectivity index (χ1v) is 9.35. The maximum atomic E-state index is 6.01. The number of rotatable bonds is 6. The van der Waals surface area contributed by atoms with Crippen LogP contribution in [-0.4, -0.2) is 24.2 Å². The third-order valence-electron chi connectivity index (χ3n) is 4.02. The second-order valence-electron chi connectivity index (χ2n) is 5.91. The highest BCUT2D eigenvalue weighted by molar-refractivity contribution is 7.80. The van der Waals surface area contributed by atoms with Crippen LogP contribution in [0.2, 0.25) is 10.0 Å². The third-order valence-corrected chi connectivity index (χ3v) is 5.14. The van der Waals surface area contributed by atoms with Crippen LogP contribution in [0.4, 0.5) is 0 Å². The fourth-order valence-corrected chi connectivity index (χ4v) is 3.15. The summed E-state index contributed by atoms with van der Waals surface area (Å²) in [5, 5.41) is 4.34. The molecule has 25 heavy (non-hydrogen) atoms. The summed E-state index contributed by atoms with van der Waals surface area (Å²) in [5.41, 5.74) is 1.93. The maximum absolute atomic E-state index is 6.01. The van der Waals surface area contributed by atoms with Gasteiger partial charge in [0.2, 0.25) is 0 Å². The molecular weight excluding hydrogens is 377 g/mol. The van der Waals surface area contributed by atoms with Crippen molar-refractivity contribution < 1.29 is 9.47 Å². The van der Waals surface area contributed by atoms with Crippen LogP contribution >= 0.6 is 35.4 Å². The molecule has 1 N–H and O–H groups in total. The van der Waals surface area contributed by atoms with Crippen LogP contribution in [0.25, 0.3) is 0 Å². The van der Waals surface area contributed by atoms with Gasteiger partial charge in [0.1, 0.15) is 17.3 Å². The summed E-state index contributed by atoms with van der Waals surface area (Å²) in [6, 6.07) is 13.2. The SMILES string of the molecule is S=C(NC[C@H]1CCCO1)c1ccc(OCc2ccc(Cl)c(Cl)c2)cc1. The number of benzene rings is 2. The molecule has 0 bridgehead atoms.